The summed E-state index contributed by atoms with van der Waals surface area (Å²) in [5.41, 5.74) is 0.469. The monoisotopic (exact) mass is 635 g/mol. The molecule has 0 bridgehead atoms. The highest BCUT2D eigenvalue weighted by molar-refractivity contribution is 6.76. The van der Waals surface area contributed by atoms with Gasteiger partial charge in [0.25, 0.3) is 0 Å². The molecule has 0 radical (unpaired) electrons. The molecule has 5 rings (SSSR count). The van der Waals surface area contributed by atoms with Gasteiger partial charge in [-0.15, -0.1) is 0 Å². The summed E-state index contributed by atoms with van der Waals surface area (Å²) in [5.74, 6) is -0.0152. The highest BCUT2D eigenvalue weighted by Crippen LogP contribution is 2.39. The van der Waals surface area contributed by atoms with Gasteiger partial charge in [0.05, 0.1) is 18.4 Å². The summed E-state index contributed by atoms with van der Waals surface area (Å²) in [5, 5.41) is 6.54. The van der Waals surface area contributed by atoms with Crippen LogP contribution in [0.5, 0.6) is 11.6 Å². The molecule has 0 saturated heterocycles. The maximum atomic E-state index is 14.4. The Balaban J connectivity index is 1.55. The number of nitrogens with zero attached hydrogens (tertiary/aromatic N) is 6. The van der Waals surface area contributed by atoms with Gasteiger partial charge >= 0.3 is 6.18 Å². The molecule has 0 fully saturated rings. The second-order valence-electron chi connectivity index (χ2n) is 11.5. The van der Waals surface area contributed by atoms with Gasteiger partial charge in [0.15, 0.2) is 11.3 Å². The first-order chi connectivity index (χ1) is 21.4. The lowest BCUT2D eigenvalue weighted by atomic mass is 10.1. The quantitative estimate of drug-likeness (QED) is 0.0895. The van der Waals surface area contributed by atoms with Gasteiger partial charge in [-0.3, -0.25) is 14.5 Å². The van der Waals surface area contributed by atoms with Crippen LogP contribution in [0.15, 0.2) is 79.9 Å². The molecule has 4 heterocycles. The van der Waals surface area contributed by atoms with Crippen molar-refractivity contribution < 1.29 is 27.4 Å². The molecule has 45 heavy (non-hydrogen) atoms. The van der Waals surface area contributed by atoms with Crippen molar-refractivity contribution in [2.24, 2.45) is 0 Å². The molecule has 234 valence electrons. The van der Waals surface area contributed by atoms with E-state index in [0.717, 1.165) is 12.1 Å². The SMILES string of the molecule is C=CC(=O)Nc1cccc(Oc2cnc3c(n2)c(-c2cn(Cc4ccccn4)nc2C(F)(F)F)cn3COCC[Si](C)(C)C)c1. The maximum Gasteiger partial charge on any atom is 0.435 e. The van der Waals surface area contributed by atoms with E-state index < -0.39 is 25.9 Å². The van der Waals surface area contributed by atoms with Crippen LogP contribution in [0.2, 0.25) is 25.7 Å². The van der Waals surface area contributed by atoms with Crippen LogP contribution in [0.3, 0.4) is 0 Å². The average Bonchev–Trinajstić information content (AvgIpc) is 3.57. The van der Waals surface area contributed by atoms with Crippen LogP contribution in [0, 0.1) is 0 Å². The first kappa shape index (κ1) is 31.6. The third-order valence-electron chi connectivity index (χ3n) is 6.65. The van der Waals surface area contributed by atoms with Crippen molar-refractivity contribution in [3.05, 3.63) is 91.3 Å². The van der Waals surface area contributed by atoms with Gasteiger partial charge in [0, 0.05) is 56.2 Å². The Labute approximate surface area is 258 Å². The number of nitrogens with one attached hydrogen (secondary N) is 1. The highest BCUT2D eigenvalue weighted by atomic mass is 28.3. The molecular weight excluding hydrogens is 603 g/mol. The van der Waals surface area contributed by atoms with Gasteiger partial charge in [0.1, 0.15) is 18.0 Å². The topological polar surface area (TPSA) is 109 Å². The fraction of sp³-hybridized carbons (Fsp3) is 0.258. The lowest BCUT2D eigenvalue weighted by molar-refractivity contribution is -0.141. The Morgan fingerprint density at radius 1 is 1.09 bits per heavy atom. The summed E-state index contributed by atoms with van der Waals surface area (Å²) in [7, 11) is -1.36. The van der Waals surface area contributed by atoms with E-state index in [1.807, 2.05) is 0 Å². The Bertz CT molecular complexity index is 1820. The number of alkyl halides is 3. The number of hydrogen-bond donors (Lipinski definition) is 1. The second-order valence-corrected chi connectivity index (χ2v) is 17.1. The zero-order chi connectivity index (χ0) is 32.2. The zero-order valence-corrected chi connectivity index (χ0v) is 26.0. The third-order valence-corrected chi connectivity index (χ3v) is 8.35. The van der Waals surface area contributed by atoms with Gasteiger partial charge in [-0.1, -0.05) is 38.4 Å². The molecule has 0 unspecified atom stereocenters. The Hall–Kier alpha value is -4.82. The molecule has 0 spiro atoms. The van der Waals surface area contributed by atoms with Crippen LogP contribution in [0.4, 0.5) is 18.9 Å². The molecule has 0 aliphatic heterocycles. The predicted octanol–water partition coefficient (Wildman–Crippen LogP) is 6.99. The summed E-state index contributed by atoms with van der Waals surface area (Å²) >= 11 is 0. The number of amides is 1. The summed E-state index contributed by atoms with van der Waals surface area (Å²) in [6, 6.07) is 12.7. The van der Waals surface area contributed by atoms with E-state index in [1.165, 1.54) is 17.1 Å². The lowest BCUT2D eigenvalue weighted by Crippen LogP contribution is -2.22. The molecule has 10 nitrogen and oxygen atoms in total. The van der Waals surface area contributed by atoms with E-state index in [2.05, 4.69) is 51.6 Å². The third kappa shape index (κ3) is 8.02. The standard InChI is InChI=1S/C31H32F3N7O3Si/c1-5-26(42)37-21-10-8-11-23(15-21)44-27-16-36-30-28(38-27)24(18-40(30)20-43-13-14-45(2,3)4)25-19-41(39-29(25)31(32,33)34)17-22-9-6-7-12-35-22/h5-12,15-16,18-19H,1,13-14,17,20H2,2-4H3,(H,37,42). The van der Waals surface area contributed by atoms with Gasteiger partial charge in [-0.25, -0.2) is 9.97 Å². The minimum Gasteiger partial charge on any atom is -0.437 e. The number of halogens is 3. The van der Waals surface area contributed by atoms with Gasteiger partial charge in [0.2, 0.25) is 11.8 Å². The number of ether oxygens (including phenoxy) is 2. The molecule has 1 N–H and O–H groups in total. The van der Waals surface area contributed by atoms with E-state index in [1.54, 1.807) is 59.4 Å². The predicted molar refractivity (Wildman–Crippen MR) is 167 cm³/mol. The molecule has 1 amide bonds. The van der Waals surface area contributed by atoms with E-state index in [0.29, 0.717) is 29.4 Å². The summed E-state index contributed by atoms with van der Waals surface area (Å²) < 4.78 is 57.8. The van der Waals surface area contributed by atoms with Crippen LogP contribution in [0.25, 0.3) is 22.3 Å². The van der Waals surface area contributed by atoms with Crippen LogP contribution in [-0.2, 0) is 29.0 Å². The average molecular weight is 636 g/mol. The van der Waals surface area contributed by atoms with E-state index in [-0.39, 0.29) is 35.8 Å². The van der Waals surface area contributed by atoms with Crippen LogP contribution in [-0.4, -0.2) is 49.9 Å². The van der Waals surface area contributed by atoms with E-state index in [4.69, 9.17) is 9.47 Å². The van der Waals surface area contributed by atoms with Crippen LogP contribution in [0.1, 0.15) is 11.4 Å². The van der Waals surface area contributed by atoms with Crippen molar-refractivity contribution in [1.82, 2.24) is 29.3 Å². The Morgan fingerprint density at radius 3 is 2.62 bits per heavy atom. The fourth-order valence-electron chi connectivity index (χ4n) is 4.44. The Kier molecular flexibility index (Phi) is 9.15. The van der Waals surface area contributed by atoms with Gasteiger partial charge < -0.3 is 19.4 Å². The number of carbonyl (C=O) groups excluding carboxylic acids is 1. The zero-order valence-electron chi connectivity index (χ0n) is 25.0. The number of carbonyl (C=O) groups is 1. The summed E-state index contributed by atoms with van der Waals surface area (Å²) in [4.78, 5) is 25.0. The molecule has 1 aromatic carbocycles. The minimum absolute atomic E-state index is 0.0428. The van der Waals surface area contributed by atoms with E-state index >= 15 is 0 Å². The smallest absolute Gasteiger partial charge is 0.435 e. The van der Waals surface area contributed by atoms with E-state index in [9.17, 15) is 18.0 Å². The summed E-state index contributed by atoms with van der Waals surface area (Å²) in [6.45, 7) is 10.8. The second kappa shape index (κ2) is 13.0. The maximum absolute atomic E-state index is 14.4. The van der Waals surface area contributed by atoms with Crippen molar-refractivity contribution >= 4 is 30.8 Å². The first-order valence-corrected chi connectivity index (χ1v) is 17.8. The van der Waals surface area contributed by atoms with Gasteiger partial charge in [-0.2, -0.15) is 18.3 Å². The van der Waals surface area contributed by atoms with Crippen molar-refractivity contribution in [3.63, 3.8) is 0 Å². The number of aromatic nitrogens is 6. The number of benzene rings is 1. The molecule has 4 aromatic heterocycles. The van der Waals surface area contributed by atoms with Gasteiger partial charge in [-0.05, 0) is 36.4 Å². The summed E-state index contributed by atoms with van der Waals surface area (Å²) in [6.07, 6.45) is 2.23. The molecule has 5 aromatic rings. The minimum atomic E-state index is -4.75. The number of pyridine rings is 1. The number of anilines is 1. The number of fused-ring (bicyclic) bond motifs is 1. The largest absolute Gasteiger partial charge is 0.437 e. The first-order valence-electron chi connectivity index (χ1n) is 14.1. The Morgan fingerprint density at radius 2 is 1.91 bits per heavy atom. The number of hydrogen-bond acceptors (Lipinski definition) is 7. The fourth-order valence-corrected chi connectivity index (χ4v) is 5.20. The highest BCUT2D eigenvalue weighted by Gasteiger charge is 2.38. The van der Waals surface area contributed by atoms with Crippen molar-refractivity contribution in [3.8, 4) is 22.8 Å². The van der Waals surface area contributed by atoms with Crippen LogP contribution >= 0.6 is 0 Å². The normalized spacial score (nSPS) is 12.0. The molecule has 14 heteroatoms. The molecular formula is C31H32F3N7O3Si. The molecule has 0 atom stereocenters. The molecule has 0 saturated carbocycles. The van der Waals surface area contributed by atoms with Crippen molar-refractivity contribution in [1.29, 1.82) is 0 Å². The molecule has 0 aliphatic rings. The lowest BCUT2D eigenvalue weighted by Gasteiger charge is -2.15. The van der Waals surface area contributed by atoms with Crippen molar-refractivity contribution in [2.45, 2.75) is 45.1 Å². The van der Waals surface area contributed by atoms with Crippen molar-refractivity contribution in [2.75, 3.05) is 11.9 Å². The molecule has 0 aliphatic carbocycles. The van der Waals surface area contributed by atoms with Crippen LogP contribution < -0.4 is 10.1 Å². The number of rotatable bonds is 12.